The average molecular weight is 263 g/mol. The van der Waals surface area contributed by atoms with E-state index in [1.54, 1.807) is 4.31 Å². The smallest absolute Gasteiger partial charge is 0.279 e. The van der Waals surface area contributed by atoms with Gasteiger partial charge in [-0.25, -0.2) is 0 Å². The summed E-state index contributed by atoms with van der Waals surface area (Å²) >= 11 is 0. The Hall–Kier alpha value is -0.170. The molecule has 1 atom stereocenters. The van der Waals surface area contributed by atoms with E-state index in [4.69, 9.17) is 0 Å². The maximum atomic E-state index is 12.0. The van der Waals surface area contributed by atoms with Crippen molar-refractivity contribution < 1.29 is 8.42 Å². The number of hydrogen-bond acceptors (Lipinski definition) is 3. The second kappa shape index (κ2) is 6.68. The van der Waals surface area contributed by atoms with Crippen molar-refractivity contribution in [1.29, 1.82) is 0 Å². The van der Waals surface area contributed by atoms with Crippen molar-refractivity contribution in [2.45, 2.75) is 52.1 Å². The van der Waals surface area contributed by atoms with Crippen LogP contribution < -0.4 is 10.0 Å². The summed E-state index contributed by atoms with van der Waals surface area (Å²) in [6.45, 7) is 7.97. The van der Waals surface area contributed by atoms with Crippen molar-refractivity contribution in [2.75, 3.05) is 19.6 Å². The molecule has 1 rings (SSSR count). The highest BCUT2D eigenvalue weighted by Crippen LogP contribution is 2.13. The van der Waals surface area contributed by atoms with Crippen LogP contribution in [-0.2, 0) is 10.2 Å². The normalized spacial score (nSPS) is 23.2. The Morgan fingerprint density at radius 1 is 1.41 bits per heavy atom. The fourth-order valence-corrected chi connectivity index (χ4v) is 3.54. The number of nitrogens with zero attached hydrogens (tertiary/aromatic N) is 1. The molecule has 1 unspecified atom stereocenters. The highest BCUT2D eigenvalue weighted by Gasteiger charge is 2.28. The maximum Gasteiger partial charge on any atom is 0.279 e. The molecule has 0 spiro atoms. The zero-order valence-electron chi connectivity index (χ0n) is 11.1. The van der Waals surface area contributed by atoms with E-state index in [2.05, 4.69) is 17.0 Å². The monoisotopic (exact) mass is 263 g/mol. The highest BCUT2D eigenvalue weighted by atomic mass is 32.2. The molecule has 17 heavy (non-hydrogen) atoms. The molecule has 0 aromatic rings. The second-order valence-electron chi connectivity index (χ2n) is 4.93. The Morgan fingerprint density at radius 3 is 2.71 bits per heavy atom. The molecule has 0 aromatic heterocycles. The molecule has 0 aliphatic carbocycles. The van der Waals surface area contributed by atoms with Gasteiger partial charge in [0.25, 0.3) is 10.2 Å². The standard InChI is InChI=1S/C11H25N3O2S/c1-4-7-12-11-6-5-8-14(9-11)17(15,16)13-10(2)3/h10-13H,4-9H2,1-3H3. The molecule has 0 aromatic carbocycles. The molecule has 0 amide bonds. The van der Waals surface area contributed by atoms with Crippen LogP contribution >= 0.6 is 0 Å². The molecule has 1 fully saturated rings. The molecule has 1 aliphatic heterocycles. The Kier molecular flexibility index (Phi) is 5.85. The molecule has 1 saturated heterocycles. The minimum atomic E-state index is -3.30. The molecule has 6 heteroatoms. The molecule has 102 valence electrons. The summed E-state index contributed by atoms with van der Waals surface area (Å²) in [5.41, 5.74) is 0. The summed E-state index contributed by atoms with van der Waals surface area (Å²) in [6.07, 6.45) is 3.07. The van der Waals surface area contributed by atoms with Gasteiger partial charge in [-0.1, -0.05) is 6.92 Å². The lowest BCUT2D eigenvalue weighted by Gasteiger charge is -2.32. The number of piperidine rings is 1. The van der Waals surface area contributed by atoms with E-state index in [1.807, 2.05) is 13.8 Å². The molecular weight excluding hydrogens is 238 g/mol. The van der Waals surface area contributed by atoms with E-state index in [-0.39, 0.29) is 6.04 Å². The van der Waals surface area contributed by atoms with Crippen molar-refractivity contribution >= 4 is 10.2 Å². The first kappa shape index (κ1) is 14.9. The van der Waals surface area contributed by atoms with Gasteiger partial charge in [-0.15, -0.1) is 0 Å². The van der Waals surface area contributed by atoms with Crippen LogP contribution in [0.2, 0.25) is 0 Å². The molecule has 5 nitrogen and oxygen atoms in total. The third-order valence-electron chi connectivity index (χ3n) is 2.79. The third-order valence-corrected chi connectivity index (χ3v) is 4.57. The molecular formula is C11H25N3O2S. The maximum absolute atomic E-state index is 12.0. The van der Waals surface area contributed by atoms with Crippen LogP contribution in [0, 0.1) is 0 Å². The van der Waals surface area contributed by atoms with Gasteiger partial charge in [-0.3, -0.25) is 0 Å². The fraction of sp³-hybridized carbons (Fsp3) is 1.00. The zero-order chi connectivity index (χ0) is 12.9. The van der Waals surface area contributed by atoms with Gasteiger partial charge in [0.05, 0.1) is 0 Å². The van der Waals surface area contributed by atoms with Crippen LogP contribution in [0.4, 0.5) is 0 Å². The summed E-state index contributed by atoms with van der Waals surface area (Å²) in [6, 6.07) is 0.247. The summed E-state index contributed by atoms with van der Waals surface area (Å²) in [4.78, 5) is 0. The van der Waals surface area contributed by atoms with Gasteiger partial charge in [0.1, 0.15) is 0 Å². The van der Waals surface area contributed by atoms with Crippen LogP contribution in [0.5, 0.6) is 0 Å². The van der Waals surface area contributed by atoms with Crippen molar-refractivity contribution in [2.24, 2.45) is 0 Å². The largest absolute Gasteiger partial charge is 0.313 e. The van der Waals surface area contributed by atoms with Crippen LogP contribution in [0.1, 0.15) is 40.0 Å². The Bertz CT molecular complexity index is 317. The van der Waals surface area contributed by atoms with Crippen molar-refractivity contribution in [3.63, 3.8) is 0 Å². The van der Waals surface area contributed by atoms with E-state index in [1.165, 1.54) is 0 Å². The first-order valence-corrected chi connectivity index (χ1v) is 7.90. The second-order valence-corrected chi connectivity index (χ2v) is 6.63. The van der Waals surface area contributed by atoms with Crippen LogP contribution in [0.3, 0.4) is 0 Å². The van der Waals surface area contributed by atoms with E-state index >= 15 is 0 Å². The topological polar surface area (TPSA) is 61.4 Å². The average Bonchev–Trinajstić information content (AvgIpc) is 2.25. The van der Waals surface area contributed by atoms with Crippen LogP contribution in [0.25, 0.3) is 0 Å². The minimum absolute atomic E-state index is 0.0519. The number of rotatable bonds is 6. The Morgan fingerprint density at radius 2 is 2.12 bits per heavy atom. The molecule has 0 radical (unpaired) electrons. The lowest BCUT2D eigenvalue weighted by Crippen LogP contribution is -2.52. The molecule has 2 N–H and O–H groups in total. The molecule has 0 bridgehead atoms. The van der Waals surface area contributed by atoms with Gasteiger partial charge >= 0.3 is 0 Å². The van der Waals surface area contributed by atoms with E-state index in [9.17, 15) is 8.42 Å². The van der Waals surface area contributed by atoms with Crippen molar-refractivity contribution in [1.82, 2.24) is 14.3 Å². The summed E-state index contributed by atoms with van der Waals surface area (Å²) in [7, 11) is -3.30. The summed E-state index contributed by atoms with van der Waals surface area (Å²) in [5.74, 6) is 0. The van der Waals surface area contributed by atoms with Gasteiger partial charge in [-0.05, 0) is 39.7 Å². The molecule has 1 aliphatic rings. The van der Waals surface area contributed by atoms with E-state index < -0.39 is 10.2 Å². The predicted octanol–water partition coefficient (Wildman–Crippen LogP) is 0.693. The van der Waals surface area contributed by atoms with Crippen LogP contribution in [-0.4, -0.2) is 44.4 Å². The van der Waals surface area contributed by atoms with Crippen molar-refractivity contribution in [3.8, 4) is 0 Å². The van der Waals surface area contributed by atoms with E-state index in [0.29, 0.717) is 19.1 Å². The highest BCUT2D eigenvalue weighted by molar-refractivity contribution is 7.87. The van der Waals surface area contributed by atoms with E-state index in [0.717, 1.165) is 25.8 Å². The number of nitrogens with one attached hydrogen (secondary N) is 2. The van der Waals surface area contributed by atoms with Gasteiger partial charge in [0.15, 0.2) is 0 Å². The van der Waals surface area contributed by atoms with Gasteiger partial charge in [-0.2, -0.15) is 17.4 Å². The molecule has 1 heterocycles. The Balaban J connectivity index is 2.53. The SMILES string of the molecule is CCCNC1CCCN(S(=O)(=O)NC(C)C)C1. The third kappa shape index (κ3) is 4.91. The van der Waals surface area contributed by atoms with Crippen LogP contribution in [0.15, 0.2) is 0 Å². The van der Waals surface area contributed by atoms with Gasteiger partial charge in [0, 0.05) is 25.2 Å². The summed E-state index contributed by atoms with van der Waals surface area (Å²) < 4.78 is 28.2. The first-order valence-electron chi connectivity index (χ1n) is 6.46. The lowest BCUT2D eigenvalue weighted by molar-refractivity contribution is 0.280. The lowest BCUT2D eigenvalue weighted by atomic mass is 10.1. The van der Waals surface area contributed by atoms with Gasteiger partial charge in [0.2, 0.25) is 0 Å². The Labute approximate surface area is 105 Å². The van der Waals surface area contributed by atoms with Crippen molar-refractivity contribution in [3.05, 3.63) is 0 Å². The number of hydrogen-bond donors (Lipinski definition) is 2. The summed E-state index contributed by atoms with van der Waals surface area (Å²) in [5, 5.41) is 3.39. The fourth-order valence-electron chi connectivity index (χ4n) is 2.05. The minimum Gasteiger partial charge on any atom is -0.313 e. The van der Waals surface area contributed by atoms with Gasteiger partial charge < -0.3 is 5.32 Å². The quantitative estimate of drug-likeness (QED) is 0.741. The zero-order valence-corrected chi connectivity index (χ0v) is 11.9. The molecule has 0 saturated carbocycles. The predicted molar refractivity (Wildman–Crippen MR) is 70.1 cm³/mol. The first-order chi connectivity index (χ1) is 7.95.